The molecule has 170 valence electrons. The third-order valence-corrected chi connectivity index (χ3v) is 4.79. The lowest BCUT2D eigenvalue weighted by Crippen LogP contribution is -2.34. The molecule has 4 N–H and O–H groups in total. The second-order valence-electron chi connectivity index (χ2n) is 7.07. The molecule has 0 unspecified atom stereocenters. The number of nitrogens with one attached hydrogen (secondary N) is 2. The van der Waals surface area contributed by atoms with E-state index >= 15 is 0 Å². The Bertz CT molecular complexity index is 968. The van der Waals surface area contributed by atoms with Gasteiger partial charge in [0.2, 0.25) is 0 Å². The molecule has 1 aromatic heterocycles. The van der Waals surface area contributed by atoms with E-state index in [1.165, 1.54) is 0 Å². The van der Waals surface area contributed by atoms with E-state index in [-0.39, 0.29) is 6.61 Å². The number of hydrogen-bond acceptors (Lipinski definition) is 7. The molecule has 32 heavy (non-hydrogen) atoms. The van der Waals surface area contributed by atoms with Crippen molar-refractivity contribution in [3.05, 3.63) is 72.7 Å². The number of carbonyl (C=O) groups excluding carboxylic acids is 1. The van der Waals surface area contributed by atoms with Crippen molar-refractivity contribution in [2.24, 2.45) is 5.73 Å². The van der Waals surface area contributed by atoms with Crippen LogP contribution in [0.1, 0.15) is 19.5 Å². The van der Waals surface area contributed by atoms with Crippen molar-refractivity contribution in [3.63, 3.8) is 0 Å². The van der Waals surface area contributed by atoms with Gasteiger partial charge in [-0.1, -0.05) is 12.2 Å². The van der Waals surface area contributed by atoms with Crippen LogP contribution >= 0.6 is 0 Å². The van der Waals surface area contributed by atoms with Gasteiger partial charge in [-0.2, -0.15) is 0 Å². The average Bonchev–Trinajstić information content (AvgIpc) is 3.31. The molecular formula is C23H30N6O3. The van der Waals surface area contributed by atoms with Crippen LogP contribution in [0.5, 0.6) is 5.75 Å². The maximum atomic E-state index is 12.7. The van der Waals surface area contributed by atoms with Crippen molar-refractivity contribution in [2.75, 3.05) is 36.1 Å². The van der Waals surface area contributed by atoms with Crippen LogP contribution < -0.4 is 25.6 Å². The number of aromatic nitrogens is 2. The summed E-state index contributed by atoms with van der Waals surface area (Å²) in [5, 5.41) is 2.93. The summed E-state index contributed by atoms with van der Waals surface area (Å²) in [4.78, 5) is 23.7. The van der Waals surface area contributed by atoms with Crippen LogP contribution in [-0.4, -0.2) is 42.4 Å². The summed E-state index contributed by atoms with van der Waals surface area (Å²) in [6.07, 6.45) is 12.0. The van der Waals surface area contributed by atoms with Crippen molar-refractivity contribution < 1.29 is 14.3 Å². The first-order valence-electron chi connectivity index (χ1n) is 10.5. The molecule has 0 fully saturated rings. The summed E-state index contributed by atoms with van der Waals surface area (Å²) in [6, 6.07) is 5.69. The van der Waals surface area contributed by atoms with E-state index in [1.807, 2.05) is 50.3 Å². The van der Waals surface area contributed by atoms with Gasteiger partial charge in [0.25, 0.3) is 0 Å². The zero-order valence-corrected chi connectivity index (χ0v) is 18.5. The Labute approximate surface area is 188 Å². The van der Waals surface area contributed by atoms with E-state index in [2.05, 4.69) is 20.2 Å². The van der Waals surface area contributed by atoms with Crippen molar-refractivity contribution in [1.29, 1.82) is 0 Å². The van der Waals surface area contributed by atoms with Gasteiger partial charge in [-0.15, -0.1) is 0 Å². The molecular weight excluding hydrogens is 408 g/mol. The van der Waals surface area contributed by atoms with Crippen LogP contribution in [-0.2, 0) is 11.3 Å². The van der Waals surface area contributed by atoms with Crippen molar-refractivity contribution in [1.82, 2.24) is 15.3 Å². The average molecular weight is 439 g/mol. The zero-order chi connectivity index (χ0) is 22.8. The number of rotatable bonds is 9. The second-order valence-corrected chi connectivity index (χ2v) is 7.07. The predicted octanol–water partition coefficient (Wildman–Crippen LogP) is 3.25. The molecule has 1 aliphatic heterocycles. The van der Waals surface area contributed by atoms with Gasteiger partial charge in [0.15, 0.2) is 0 Å². The van der Waals surface area contributed by atoms with Crippen LogP contribution in [0.15, 0.2) is 67.0 Å². The predicted molar refractivity (Wildman–Crippen MR) is 125 cm³/mol. The molecule has 1 amide bonds. The molecule has 9 heteroatoms. The number of benzene rings is 1. The molecule has 2 heterocycles. The standard InChI is InChI=1S/C23H30N6O3/c1-3-5-6-9-25-13-18(24)16-32-23(30)29(4-2)20-7-8-22-21(12-20)28(10-11-31-22)15-19-14-26-17-27-19/h3,5-9,12-14,17,25H,4,10-11,15-16,24H2,1-2H3,(H,26,27)/b5-3-,9-6-,18-13-. The Morgan fingerprint density at radius 3 is 3.06 bits per heavy atom. The minimum absolute atomic E-state index is 0.0141. The van der Waals surface area contributed by atoms with Crippen molar-refractivity contribution >= 4 is 17.5 Å². The fourth-order valence-electron chi connectivity index (χ4n) is 3.23. The lowest BCUT2D eigenvalue weighted by Gasteiger charge is -2.32. The number of nitrogens with zero attached hydrogens (tertiary/aromatic N) is 3. The van der Waals surface area contributed by atoms with Gasteiger partial charge in [-0.3, -0.25) is 4.90 Å². The molecule has 2 aromatic rings. The normalized spacial score (nSPS) is 13.8. The van der Waals surface area contributed by atoms with Crippen molar-refractivity contribution in [3.8, 4) is 5.75 Å². The van der Waals surface area contributed by atoms with Gasteiger partial charge in [0, 0.05) is 30.8 Å². The van der Waals surface area contributed by atoms with Gasteiger partial charge in [0.1, 0.15) is 19.0 Å². The maximum absolute atomic E-state index is 12.7. The minimum Gasteiger partial charge on any atom is -0.490 e. The summed E-state index contributed by atoms with van der Waals surface area (Å²) in [5.74, 6) is 0.785. The maximum Gasteiger partial charge on any atom is 0.414 e. The van der Waals surface area contributed by atoms with Gasteiger partial charge >= 0.3 is 6.09 Å². The quantitative estimate of drug-likeness (QED) is 0.516. The number of carbonyl (C=O) groups is 1. The van der Waals surface area contributed by atoms with Crippen LogP contribution in [0.2, 0.25) is 0 Å². The van der Waals surface area contributed by atoms with Gasteiger partial charge < -0.3 is 30.4 Å². The monoisotopic (exact) mass is 438 g/mol. The summed E-state index contributed by atoms with van der Waals surface area (Å²) in [6.45, 7) is 6.28. The number of aromatic amines is 1. The molecule has 0 saturated carbocycles. The molecule has 3 rings (SSSR count). The molecule has 9 nitrogen and oxygen atoms in total. The molecule has 1 aromatic carbocycles. The molecule has 0 atom stereocenters. The highest BCUT2D eigenvalue weighted by molar-refractivity contribution is 5.89. The number of amides is 1. The largest absolute Gasteiger partial charge is 0.490 e. The van der Waals surface area contributed by atoms with Crippen LogP contribution in [0.4, 0.5) is 16.2 Å². The summed E-state index contributed by atoms with van der Waals surface area (Å²) < 4.78 is 11.2. The molecule has 0 saturated heterocycles. The van der Waals surface area contributed by atoms with E-state index in [1.54, 1.807) is 29.8 Å². The van der Waals surface area contributed by atoms with Gasteiger partial charge in [-0.25, -0.2) is 9.78 Å². The SMILES string of the molecule is C/C=C\C=C/N/C=C(\N)COC(=O)N(CC)c1ccc2c(c1)N(Cc1cnc[nH]1)CCO2. The summed E-state index contributed by atoms with van der Waals surface area (Å²) in [5.41, 5.74) is 8.97. The Kier molecular flexibility index (Phi) is 8.19. The van der Waals surface area contributed by atoms with Gasteiger partial charge in [0.05, 0.1) is 36.5 Å². The Morgan fingerprint density at radius 1 is 1.44 bits per heavy atom. The Hall–Kier alpha value is -3.88. The van der Waals surface area contributed by atoms with Crippen LogP contribution in [0.25, 0.3) is 0 Å². The lowest BCUT2D eigenvalue weighted by molar-refractivity contribution is 0.163. The highest BCUT2D eigenvalue weighted by atomic mass is 16.6. The number of imidazole rings is 1. The minimum atomic E-state index is -0.467. The zero-order valence-electron chi connectivity index (χ0n) is 18.5. The van der Waals surface area contributed by atoms with E-state index in [0.717, 1.165) is 29.4 Å². The molecule has 0 bridgehead atoms. The number of ether oxygens (including phenoxy) is 2. The summed E-state index contributed by atoms with van der Waals surface area (Å²) >= 11 is 0. The van der Waals surface area contributed by atoms with E-state index in [9.17, 15) is 4.79 Å². The highest BCUT2D eigenvalue weighted by Crippen LogP contribution is 2.36. The second kappa shape index (κ2) is 11.5. The first-order chi connectivity index (χ1) is 15.6. The molecule has 0 aliphatic carbocycles. The first-order valence-corrected chi connectivity index (χ1v) is 10.5. The Balaban J connectivity index is 1.66. The molecule has 0 radical (unpaired) electrons. The number of allylic oxidation sites excluding steroid dienone is 3. The third kappa shape index (κ3) is 6.07. The lowest BCUT2D eigenvalue weighted by atomic mass is 10.2. The first kappa shape index (κ1) is 22.8. The number of anilines is 2. The van der Waals surface area contributed by atoms with Crippen molar-refractivity contribution in [2.45, 2.75) is 20.4 Å². The number of H-pyrrole nitrogens is 1. The van der Waals surface area contributed by atoms with E-state index in [0.29, 0.717) is 25.4 Å². The number of hydrogen-bond donors (Lipinski definition) is 3. The summed E-state index contributed by atoms with van der Waals surface area (Å²) in [7, 11) is 0. The number of fused-ring (bicyclic) bond motifs is 1. The van der Waals surface area contributed by atoms with E-state index in [4.69, 9.17) is 15.2 Å². The molecule has 1 aliphatic rings. The van der Waals surface area contributed by atoms with Crippen LogP contribution in [0, 0.1) is 0 Å². The van der Waals surface area contributed by atoms with Gasteiger partial charge in [-0.05, 0) is 38.1 Å². The topological polar surface area (TPSA) is 109 Å². The van der Waals surface area contributed by atoms with Crippen LogP contribution in [0.3, 0.4) is 0 Å². The fourth-order valence-corrected chi connectivity index (χ4v) is 3.23. The molecule has 0 spiro atoms. The third-order valence-electron chi connectivity index (χ3n) is 4.79. The van der Waals surface area contributed by atoms with E-state index < -0.39 is 6.09 Å². The fraction of sp³-hybridized carbons (Fsp3) is 0.304. The highest BCUT2D eigenvalue weighted by Gasteiger charge is 2.22. The number of nitrogens with two attached hydrogens (primary N) is 1. The Morgan fingerprint density at radius 2 is 2.31 bits per heavy atom. The smallest absolute Gasteiger partial charge is 0.414 e.